The molecule has 0 fully saturated rings. The SMILES string of the molecule is CC(C)[C@@H](CN1CC=CCC1)NC(=O)C1Cc2ccc(O)cc2CN1. The number of aromatic hydroxyl groups is 1. The van der Waals surface area contributed by atoms with Crippen molar-refractivity contribution in [3.05, 3.63) is 41.5 Å². The van der Waals surface area contributed by atoms with E-state index in [1.807, 2.05) is 6.07 Å². The number of fused-ring (bicyclic) bond motifs is 1. The molecule has 0 aromatic heterocycles. The summed E-state index contributed by atoms with van der Waals surface area (Å²) in [4.78, 5) is 15.2. The number of hydrogen-bond acceptors (Lipinski definition) is 4. The zero-order valence-corrected chi connectivity index (χ0v) is 15.2. The van der Waals surface area contributed by atoms with Crippen LogP contribution in [-0.4, -0.2) is 47.6 Å². The van der Waals surface area contributed by atoms with Gasteiger partial charge in [0.2, 0.25) is 5.91 Å². The molecule has 0 radical (unpaired) electrons. The average Bonchev–Trinajstić information content (AvgIpc) is 2.61. The van der Waals surface area contributed by atoms with Crippen LogP contribution in [0.25, 0.3) is 0 Å². The number of phenols is 1. The summed E-state index contributed by atoms with van der Waals surface area (Å²) >= 11 is 0. The van der Waals surface area contributed by atoms with Gasteiger partial charge in [0.15, 0.2) is 0 Å². The van der Waals surface area contributed by atoms with E-state index in [9.17, 15) is 9.90 Å². The smallest absolute Gasteiger partial charge is 0.237 e. The number of nitrogens with zero attached hydrogens (tertiary/aromatic N) is 1. The number of carbonyl (C=O) groups excluding carboxylic acids is 1. The third-order valence-electron chi connectivity index (χ3n) is 5.20. The molecule has 5 nitrogen and oxygen atoms in total. The van der Waals surface area contributed by atoms with Crippen molar-refractivity contribution in [3.63, 3.8) is 0 Å². The van der Waals surface area contributed by atoms with Gasteiger partial charge in [-0.25, -0.2) is 0 Å². The fourth-order valence-electron chi connectivity index (χ4n) is 3.53. The molecule has 0 bridgehead atoms. The first kappa shape index (κ1) is 18.0. The highest BCUT2D eigenvalue weighted by Gasteiger charge is 2.27. The Morgan fingerprint density at radius 1 is 1.36 bits per heavy atom. The molecule has 1 aromatic rings. The minimum absolute atomic E-state index is 0.0741. The molecule has 1 aromatic carbocycles. The second kappa shape index (κ2) is 8.02. The lowest BCUT2D eigenvalue weighted by Gasteiger charge is -2.33. The van der Waals surface area contributed by atoms with Crippen molar-refractivity contribution in [3.8, 4) is 5.75 Å². The first-order valence-electron chi connectivity index (χ1n) is 9.25. The van der Waals surface area contributed by atoms with Gasteiger partial charge in [0.25, 0.3) is 0 Å². The van der Waals surface area contributed by atoms with Gasteiger partial charge in [-0.1, -0.05) is 32.1 Å². The minimum Gasteiger partial charge on any atom is -0.508 e. The van der Waals surface area contributed by atoms with Gasteiger partial charge in [-0.15, -0.1) is 0 Å². The molecule has 5 heteroatoms. The lowest BCUT2D eigenvalue weighted by molar-refractivity contribution is -0.124. The second-order valence-electron chi connectivity index (χ2n) is 7.47. The summed E-state index contributed by atoms with van der Waals surface area (Å²) in [6.07, 6.45) is 6.18. The van der Waals surface area contributed by atoms with Crippen molar-refractivity contribution in [1.29, 1.82) is 0 Å². The average molecular weight is 343 g/mol. The fraction of sp³-hybridized carbons (Fsp3) is 0.550. The Labute approximate surface area is 150 Å². The third kappa shape index (κ3) is 4.61. The molecule has 0 spiro atoms. The summed E-state index contributed by atoms with van der Waals surface area (Å²) in [5, 5.41) is 16.1. The number of phenolic OH excluding ortho intramolecular Hbond substituents is 1. The van der Waals surface area contributed by atoms with Gasteiger partial charge in [-0.05, 0) is 42.0 Å². The number of carbonyl (C=O) groups is 1. The highest BCUT2D eigenvalue weighted by Crippen LogP contribution is 2.21. The minimum atomic E-state index is -0.209. The molecule has 2 heterocycles. The van der Waals surface area contributed by atoms with Crippen LogP contribution < -0.4 is 10.6 Å². The summed E-state index contributed by atoms with van der Waals surface area (Å²) in [6, 6.07) is 5.34. The molecule has 136 valence electrons. The molecule has 2 aliphatic rings. The summed E-state index contributed by atoms with van der Waals surface area (Å²) < 4.78 is 0. The van der Waals surface area contributed by atoms with Crippen LogP contribution in [0.15, 0.2) is 30.4 Å². The lowest BCUT2D eigenvalue weighted by atomic mass is 9.94. The fourth-order valence-corrected chi connectivity index (χ4v) is 3.53. The van der Waals surface area contributed by atoms with Gasteiger partial charge in [0.1, 0.15) is 5.75 Å². The van der Waals surface area contributed by atoms with E-state index in [0.29, 0.717) is 18.9 Å². The molecular weight excluding hydrogens is 314 g/mol. The predicted octanol–water partition coefficient (Wildman–Crippen LogP) is 1.81. The van der Waals surface area contributed by atoms with Crippen LogP contribution in [0.2, 0.25) is 0 Å². The molecule has 25 heavy (non-hydrogen) atoms. The van der Waals surface area contributed by atoms with Crippen LogP contribution in [0, 0.1) is 5.92 Å². The van der Waals surface area contributed by atoms with E-state index in [1.165, 1.54) is 0 Å². The van der Waals surface area contributed by atoms with Crippen molar-refractivity contribution in [1.82, 2.24) is 15.5 Å². The molecule has 1 amide bonds. The van der Waals surface area contributed by atoms with E-state index in [1.54, 1.807) is 12.1 Å². The molecule has 3 rings (SSSR count). The molecule has 0 saturated heterocycles. The van der Waals surface area contributed by atoms with Crippen molar-refractivity contribution >= 4 is 5.91 Å². The number of amides is 1. The Kier molecular flexibility index (Phi) is 5.76. The quantitative estimate of drug-likeness (QED) is 0.714. The zero-order chi connectivity index (χ0) is 17.8. The number of rotatable bonds is 5. The Hall–Kier alpha value is -1.85. The molecule has 2 aliphatic heterocycles. The van der Waals surface area contributed by atoms with Gasteiger partial charge in [0.05, 0.1) is 6.04 Å². The largest absolute Gasteiger partial charge is 0.508 e. The number of hydrogen-bond donors (Lipinski definition) is 3. The molecular formula is C20H29N3O2. The van der Waals surface area contributed by atoms with Crippen LogP contribution >= 0.6 is 0 Å². The summed E-state index contributed by atoms with van der Waals surface area (Å²) in [7, 11) is 0. The highest BCUT2D eigenvalue weighted by atomic mass is 16.3. The third-order valence-corrected chi connectivity index (χ3v) is 5.20. The van der Waals surface area contributed by atoms with E-state index in [0.717, 1.165) is 37.2 Å². The van der Waals surface area contributed by atoms with E-state index >= 15 is 0 Å². The topological polar surface area (TPSA) is 64.6 Å². The van der Waals surface area contributed by atoms with Gasteiger partial charge in [0, 0.05) is 32.2 Å². The van der Waals surface area contributed by atoms with Crippen LogP contribution in [-0.2, 0) is 17.8 Å². The van der Waals surface area contributed by atoms with Crippen molar-refractivity contribution < 1.29 is 9.90 Å². The molecule has 3 N–H and O–H groups in total. The molecule has 2 atom stereocenters. The summed E-state index contributed by atoms with van der Waals surface area (Å²) in [5.41, 5.74) is 2.21. The Morgan fingerprint density at radius 3 is 2.92 bits per heavy atom. The maximum Gasteiger partial charge on any atom is 0.237 e. The number of nitrogens with one attached hydrogen (secondary N) is 2. The Balaban J connectivity index is 1.59. The van der Waals surface area contributed by atoms with Crippen molar-refractivity contribution in [2.75, 3.05) is 19.6 Å². The maximum atomic E-state index is 12.8. The molecule has 0 saturated carbocycles. The highest BCUT2D eigenvalue weighted by molar-refractivity contribution is 5.82. The first-order valence-corrected chi connectivity index (χ1v) is 9.25. The van der Waals surface area contributed by atoms with Crippen LogP contribution in [0.1, 0.15) is 31.4 Å². The van der Waals surface area contributed by atoms with E-state index in [2.05, 4.69) is 41.5 Å². The predicted molar refractivity (Wildman–Crippen MR) is 99.4 cm³/mol. The molecule has 1 unspecified atom stereocenters. The number of benzene rings is 1. The maximum absolute atomic E-state index is 12.8. The monoisotopic (exact) mass is 343 g/mol. The van der Waals surface area contributed by atoms with Gasteiger partial charge in [-0.3, -0.25) is 9.69 Å². The molecule has 0 aliphatic carbocycles. The van der Waals surface area contributed by atoms with Gasteiger partial charge >= 0.3 is 0 Å². The first-order chi connectivity index (χ1) is 12.0. The van der Waals surface area contributed by atoms with Gasteiger partial charge < -0.3 is 15.7 Å². The standard InChI is InChI=1S/C20H29N3O2/c1-14(2)19(13-23-8-4-3-5-9-23)22-20(25)18-11-15-6-7-17(24)10-16(15)12-21-18/h3-4,6-7,10,14,18-19,21,24H,5,8-9,11-13H2,1-2H3,(H,22,25)/t18?,19-/m1/s1. The van der Waals surface area contributed by atoms with Crippen LogP contribution in [0.4, 0.5) is 0 Å². The van der Waals surface area contributed by atoms with Crippen LogP contribution in [0.3, 0.4) is 0 Å². The van der Waals surface area contributed by atoms with Crippen LogP contribution in [0.5, 0.6) is 5.75 Å². The summed E-state index contributed by atoms with van der Waals surface area (Å²) in [6.45, 7) is 7.87. The van der Waals surface area contributed by atoms with Crippen molar-refractivity contribution in [2.24, 2.45) is 5.92 Å². The van der Waals surface area contributed by atoms with E-state index in [-0.39, 0.29) is 23.7 Å². The van der Waals surface area contributed by atoms with E-state index < -0.39 is 0 Å². The Bertz CT molecular complexity index is 642. The zero-order valence-electron chi connectivity index (χ0n) is 15.2. The van der Waals surface area contributed by atoms with Gasteiger partial charge in [-0.2, -0.15) is 0 Å². The van der Waals surface area contributed by atoms with E-state index in [4.69, 9.17) is 0 Å². The Morgan fingerprint density at radius 2 is 2.20 bits per heavy atom. The lowest BCUT2D eigenvalue weighted by Crippen LogP contribution is -2.54. The second-order valence-corrected chi connectivity index (χ2v) is 7.47. The summed E-state index contributed by atoms with van der Waals surface area (Å²) in [5.74, 6) is 0.742. The normalized spacial score (nSPS) is 21.8. The van der Waals surface area contributed by atoms with Crippen molar-refractivity contribution in [2.45, 2.75) is 45.3 Å².